The Labute approximate surface area is 86.5 Å². The van der Waals surface area contributed by atoms with Crippen LogP contribution in [0, 0.1) is 0 Å². The van der Waals surface area contributed by atoms with Gasteiger partial charge in [-0.1, -0.05) is 17.7 Å². The molecule has 1 rings (SSSR count). The lowest BCUT2D eigenvalue weighted by molar-refractivity contribution is -0.150. The van der Waals surface area contributed by atoms with Gasteiger partial charge in [-0.25, -0.2) is 9.78 Å². The second kappa shape index (κ2) is 4.93. The van der Waals surface area contributed by atoms with Crippen LogP contribution in [0.1, 0.15) is 5.56 Å². The zero-order valence-electron chi connectivity index (χ0n) is 7.61. The van der Waals surface area contributed by atoms with Crippen LogP contribution < -0.4 is 0 Å². The van der Waals surface area contributed by atoms with Gasteiger partial charge in [-0.15, -0.1) is 0 Å². The van der Waals surface area contributed by atoms with Gasteiger partial charge >= 0.3 is 5.97 Å². The fourth-order valence-corrected chi connectivity index (χ4v) is 1.08. The molecule has 1 N–H and O–H groups in total. The van der Waals surface area contributed by atoms with E-state index >= 15 is 0 Å². The molecule has 0 aliphatic rings. The molecule has 0 saturated heterocycles. The topological polar surface area (TPSA) is 59.4 Å². The van der Waals surface area contributed by atoms with E-state index in [0.717, 1.165) is 5.56 Å². The summed E-state index contributed by atoms with van der Waals surface area (Å²) in [5.74, 6) is -0.653. The molecule has 1 heterocycles. The van der Waals surface area contributed by atoms with Crippen LogP contribution in [0.2, 0.25) is 5.15 Å². The van der Waals surface area contributed by atoms with Gasteiger partial charge in [-0.05, 0) is 11.6 Å². The average molecular weight is 216 g/mol. The van der Waals surface area contributed by atoms with Crippen molar-refractivity contribution < 1.29 is 14.6 Å². The summed E-state index contributed by atoms with van der Waals surface area (Å²) in [6.45, 7) is 0. The third kappa shape index (κ3) is 2.97. The minimum Gasteiger partial charge on any atom is -0.467 e. The number of rotatable bonds is 3. The van der Waals surface area contributed by atoms with Crippen molar-refractivity contribution >= 4 is 17.6 Å². The van der Waals surface area contributed by atoms with E-state index in [-0.39, 0.29) is 6.42 Å². The third-order valence-electron chi connectivity index (χ3n) is 1.69. The van der Waals surface area contributed by atoms with E-state index in [0.29, 0.717) is 5.15 Å². The normalized spacial score (nSPS) is 12.2. The smallest absolute Gasteiger partial charge is 0.335 e. The molecule has 1 atom stereocenters. The van der Waals surface area contributed by atoms with Gasteiger partial charge in [-0.3, -0.25) is 0 Å². The summed E-state index contributed by atoms with van der Waals surface area (Å²) in [6, 6.07) is 3.29. The van der Waals surface area contributed by atoms with Crippen molar-refractivity contribution in [3.05, 3.63) is 29.0 Å². The highest BCUT2D eigenvalue weighted by Gasteiger charge is 2.15. The molecule has 0 bridgehead atoms. The molecule has 14 heavy (non-hydrogen) atoms. The fourth-order valence-electron chi connectivity index (χ4n) is 0.970. The number of hydrogen-bond donors (Lipinski definition) is 1. The first kappa shape index (κ1) is 10.9. The number of carbonyl (C=O) groups excluding carboxylic acids is 1. The lowest BCUT2D eigenvalue weighted by Gasteiger charge is -2.07. The first-order chi connectivity index (χ1) is 6.63. The Balaban J connectivity index is 2.60. The molecule has 5 heteroatoms. The zero-order chi connectivity index (χ0) is 10.6. The Bertz CT molecular complexity index is 312. The van der Waals surface area contributed by atoms with Crippen LogP contribution in [0.3, 0.4) is 0 Å². The van der Waals surface area contributed by atoms with Gasteiger partial charge in [0.15, 0.2) is 6.10 Å². The van der Waals surface area contributed by atoms with Crippen LogP contribution in [-0.2, 0) is 16.0 Å². The Morgan fingerprint density at radius 3 is 2.93 bits per heavy atom. The van der Waals surface area contributed by atoms with E-state index in [1.165, 1.54) is 13.3 Å². The molecule has 0 amide bonds. The first-order valence-corrected chi connectivity index (χ1v) is 4.37. The monoisotopic (exact) mass is 215 g/mol. The number of aromatic nitrogens is 1. The van der Waals surface area contributed by atoms with Crippen molar-refractivity contribution in [2.45, 2.75) is 12.5 Å². The lowest BCUT2D eigenvalue weighted by Crippen LogP contribution is -2.24. The number of aliphatic hydroxyl groups excluding tert-OH is 1. The summed E-state index contributed by atoms with van der Waals surface area (Å²) >= 11 is 5.57. The minimum atomic E-state index is -1.15. The van der Waals surface area contributed by atoms with Crippen molar-refractivity contribution in [1.82, 2.24) is 4.98 Å². The highest BCUT2D eigenvalue weighted by Crippen LogP contribution is 2.07. The molecule has 0 aliphatic carbocycles. The van der Waals surface area contributed by atoms with Crippen LogP contribution in [0.15, 0.2) is 18.3 Å². The molecular formula is C9H10ClNO3. The molecule has 4 nitrogen and oxygen atoms in total. The number of pyridine rings is 1. The molecule has 1 aromatic heterocycles. The number of halogens is 1. The molecule has 0 saturated carbocycles. The van der Waals surface area contributed by atoms with Crippen molar-refractivity contribution in [2.75, 3.05) is 7.11 Å². The Morgan fingerprint density at radius 2 is 2.43 bits per heavy atom. The number of aliphatic hydroxyl groups is 1. The maximum atomic E-state index is 10.9. The van der Waals surface area contributed by atoms with E-state index in [2.05, 4.69) is 9.72 Å². The van der Waals surface area contributed by atoms with Crippen LogP contribution in [-0.4, -0.2) is 29.3 Å². The molecule has 0 radical (unpaired) electrons. The molecule has 0 aromatic carbocycles. The fraction of sp³-hybridized carbons (Fsp3) is 0.333. The predicted molar refractivity (Wildman–Crippen MR) is 51.0 cm³/mol. The van der Waals surface area contributed by atoms with E-state index < -0.39 is 12.1 Å². The van der Waals surface area contributed by atoms with Crippen molar-refractivity contribution in [1.29, 1.82) is 0 Å². The molecule has 0 fully saturated rings. The number of nitrogens with zero attached hydrogens (tertiary/aromatic N) is 1. The molecule has 0 aliphatic heterocycles. The van der Waals surface area contributed by atoms with Crippen LogP contribution in [0.4, 0.5) is 0 Å². The van der Waals surface area contributed by atoms with Gasteiger partial charge in [0.1, 0.15) is 5.15 Å². The van der Waals surface area contributed by atoms with Crippen LogP contribution in [0.5, 0.6) is 0 Å². The maximum Gasteiger partial charge on any atom is 0.335 e. The molecule has 76 valence electrons. The number of ether oxygens (including phenoxy) is 1. The first-order valence-electron chi connectivity index (χ1n) is 4.00. The Kier molecular flexibility index (Phi) is 3.85. The van der Waals surface area contributed by atoms with Crippen molar-refractivity contribution in [2.24, 2.45) is 0 Å². The number of methoxy groups -OCH3 is 1. The lowest BCUT2D eigenvalue weighted by atomic mass is 10.1. The van der Waals surface area contributed by atoms with Gasteiger partial charge in [0, 0.05) is 12.6 Å². The number of carbonyl (C=O) groups is 1. The molecule has 1 unspecified atom stereocenters. The summed E-state index contributed by atoms with van der Waals surface area (Å²) in [6.07, 6.45) is 0.536. The third-order valence-corrected chi connectivity index (χ3v) is 1.91. The summed E-state index contributed by atoms with van der Waals surface area (Å²) in [5.41, 5.74) is 0.729. The van der Waals surface area contributed by atoms with E-state index in [4.69, 9.17) is 11.6 Å². The van der Waals surface area contributed by atoms with E-state index in [1.807, 2.05) is 0 Å². The molecular weight excluding hydrogens is 206 g/mol. The van der Waals surface area contributed by atoms with Gasteiger partial charge in [0.05, 0.1) is 7.11 Å². The highest BCUT2D eigenvalue weighted by atomic mass is 35.5. The van der Waals surface area contributed by atoms with Crippen molar-refractivity contribution in [3.8, 4) is 0 Å². The van der Waals surface area contributed by atoms with E-state index in [9.17, 15) is 9.90 Å². The van der Waals surface area contributed by atoms with Gasteiger partial charge in [0.25, 0.3) is 0 Å². The van der Waals surface area contributed by atoms with Crippen LogP contribution >= 0.6 is 11.6 Å². The summed E-state index contributed by atoms with van der Waals surface area (Å²) in [5, 5.41) is 9.68. The number of hydrogen-bond acceptors (Lipinski definition) is 4. The molecule has 1 aromatic rings. The summed E-state index contributed by atoms with van der Waals surface area (Å²) in [7, 11) is 1.23. The van der Waals surface area contributed by atoms with Crippen LogP contribution in [0.25, 0.3) is 0 Å². The predicted octanol–water partition coefficient (Wildman–Crippen LogP) is 0.811. The average Bonchev–Trinajstić information content (AvgIpc) is 2.20. The minimum absolute atomic E-state index is 0.177. The maximum absolute atomic E-state index is 10.9. The zero-order valence-corrected chi connectivity index (χ0v) is 8.36. The van der Waals surface area contributed by atoms with Gasteiger partial charge < -0.3 is 9.84 Å². The summed E-state index contributed by atoms with van der Waals surface area (Å²) < 4.78 is 4.37. The molecule has 0 spiro atoms. The quantitative estimate of drug-likeness (QED) is 0.599. The SMILES string of the molecule is COC(=O)C(O)Cc1ccc(Cl)nc1. The summed E-state index contributed by atoms with van der Waals surface area (Å²) in [4.78, 5) is 14.7. The Hall–Kier alpha value is -1.13. The Morgan fingerprint density at radius 1 is 1.71 bits per heavy atom. The standard InChI is InChI=1S/C9H10ClNO3/c1-14-9(13)7(12)4-6-2-3-8(10)11-5-6/h2-3,5,7,12H,4H2,1H3. The van der Waals surface area contributed by atoms with Gasteiger partial charge in [0.2, 0.25) is 0 Å². The highest BCUT2D eigenvalue weighted by molar-refractivity contribution is 6.29. The second-order valence-electron chi connectivity index (χ2n) is 2.73. The van der Waals surface area contributed by atoms with Gasteiger partial charge in [-0.2, -0.15) is 0 Å². The second-order valence-corrected chi connectivity index (χ2v) is 3.12. The van der Waals surface area contributed by atoms with Crippen molar-refractivity contribution in [3.63, 3.8) is 0 Å². The van der Waals surface area contributed by atoms with E-state index in [1.54, 1.807) is 12.1 Å². The number of esters is 1. The largest absolute Gasteiger partial charge is 0.467 e.